The van der Waals surface area contributed by atoms with E-state index in [1.165, 1.54) is 4.31 Å². The summed E-state index contributed by atoms with van der Waals surface area (Å²) in [5.74, 6) is 0.273. The first-order valence-electron chi connectivity index (χ1n) is 7.07. The van der Waals surface area contributed by atoms with Gasteiger partial charge in [0.2, 0.25) is 10.0 Å². The summed E-state index contributed by atoms with van der Waals surface area (Å²) < 4.78 is 25.4. The minimum absolute atomic E-state index is 0.273. The summed E-state index contributed by atoms with van der Waals surface area (Å²) in [5, 5.41) is 3.29. The fraction of sp³-hybridized carbons (Fsp3) is 1.00. The van der Waals surface area contributed by atoms with E-state index in [4.69, 9.17) is 0 Å². The van der Waals surface area contributed by atoms with Crippen molar-refractivity contribution in [2.24, 2.45) is 0 Å². The van der Waals surface area contributed by atoms with E-state index in [1.807, 2.05) is 0 Å². The molecule has 0 rings (SSSR count). The molecule has 0 spiro atoms. The molecule has 0 heterocycles. The molecule has 0 atom stereocenters. The predicted octanol–water partition coefficient (Wildman–Crippen LogP) is 2.22. The molecule has 0 saturated carbocycles. The molecule has 110 valence electrons. The van der Waals surface area contributed by atoms with Crippen molar-refractivity contribution in [3.05, 3.63) is 0 Å². The molecule has 4 nitrogen and oxygen atoms in total. The Kier molecular flexibility index (Phi) is 9.68. The summed E-state index contributed by atoms with van der Waals surface area (Å²) in [6, 6.07) is 0.471. The summed E-state index contributed by atoms with van der Waals surface area (Å²) in [6.45, 7) is 7.86. The zero-order valence-corrected chi connectivity index (χ0v) is 13.2. The summed E-state index contributed by atoms with van der Waals surface area (Å²) >= 11 is 0. The topological polar surface area (TPSA) is 49.4 Å². The molecule has 0 aliphatic rings. The van der Waals surface area contributed by atoms with E-state index in [0.29, 0.717) is 12.6 Å². The Hall–Kier alpha value is -0.130. The molecule has 0 amide bonds. The Morgan fingerprint density at radius 1 is 1.11 bits per heavy atom. The highest BCUT2D eigenvalue weighted by Gasteiger charge is 2.16. The second-order valence-electron chi connectivity index (χ2n) is 5.16. The van der Waals surface area contributed by atoms with Crippen molar-refractivity contribution in [3.63, 3.8) is 0 Å². The molecule has 0 radical (unpaired) electrons. The van der Waals surface area contributed by atoms with Gasteiger partial charge in [0.05, 0.1) is 5.75 Å². The van der Waals surface area contributed by atoms with Gasteiger partial charge in [-0.15, -0.1) is 0 Å². The molecule has 0 aromatic heterocycles. The van der Waals surface area contributed by atoms with Crippen LogP contribution in [0.5, 0.6) is 0 Å². The lowest BCUT2D eigenvalue weighted by atomic mass is 10.2. The van der Waals surface area contributed by atoms with Gasteiger partial charge in [-0.05, 0) is 25.8 Å². The fourth-order valence-electron chi connectivity index (χ4n) is 1.68. The van der Waals surface area contributed by atoms with Crippen LogP contribution in [0.15, 0.2) is 0 Å². The van der Waals surface area contributed by atoms with Gasteiger partial charge in [0.15, 0.2) is 0 Å². The highest BCUT2D eigenvalue weighted by Crippen LogP contribution is 2.05. The summed E-state index contributed by atoms with van der Waals surface area (Å²) in [7, 11) is -1.34. The largest absolute Gasteiger partial charge is 0.315 e. The van der Waals surface area contributed by atoms with Gasteiger partial charge < -0.3 is 5.32 Å². The van der Waals surface area contributed by atoms with Gasteiger partial charge in [0.1, 0.15) is 0 Å². The van der Waals surface area contributed by atoms with Crippen molar-refractivity contribution in [2.75, 3.05) is 25.9 Å². The first-order chi connectivity index (χ1) is 8.40. The molecular formula is C13H30N2O2S. The first-order valence-corrected chi connectivity index (χ1v) is 8.68. The third kappa shape index (κ3) is 8.89. The Morgan fingerprint density at radius 2 is 1.78 bits per heavy atom. The molecule has 0 bridgehead atoms. The van der Waals surface area contributed by atoms with Crippen LogP contribution in [0.1, 0.15) is 52.9 Å². The minimum atomic E-state index is -3.04. The summed E-state index contributed by atoms with van der Waals surface area (Å²) in [5.41, 5.74) is 0. The molecule has 0 aromatic carbocycles. The van der Waals surface area contributed by atoms with Crippen LogP contribution in [0, 0.1) is 0 Å². The quantitative estimate of drug-likeness (QED) is 0.590. The van der Waals surface area contributed by atoms with Gasteiger partial charge in [-0.2, -0.15) is 0 Å². The first kappa shape index (κ1) is 17.9. The van der Waals surface area contributed by atoms with Crippen LogP contribution in [0.2, 0.25) is 0 Å². The SMILES string of the molecule is CCCCCN(C)S(=O)(=O)CCCCNC(C)C. The summed E-state index contributed by atoms with van der Waals surface area (Å²) in [4.78, 5) is 0. The average molecular weight is 278 g/mol. The van der Waals surface area contributed by atoms with Crippen molar-refractivity contribution in [1.82, 2.24) is 9.62 Å². The maximum atomic E-state index is 11.9. The molecule has 0 aliphatic heterocycles. The molecule has 0 unspecified atom stereocenters. The number of sulfonamides is 1. The van der Waals surface area contributed by atoms with Crippen LogP contribution in [0.25, 0.3) is 0 Å². The van der Waals surface area contributed by atoms with E-state index in [2.05, 4.69) is 26.1 Å². The molecule has 1 N–H and O–H groups in total. The van der Waals surface area contributed by atoms with Crippen molar-refractivity contribution >= 4 is 10.0 Å². The lowest BCUT2D eigenvalue weighted by molar-refractivity contribution is 0.452. The molecule has 5 heteroatoms. The monoisotopic (exact) mass is 278 g/mol. The molecule has 0 aliphatic carbocycles. The Labute approximate surface area is 113 Å². The van der Waals surface area contributed by atoms with Crippen LogP contribution in [-0.2, 0) is 10.0 Å². The van der Waals surface area contributed by atoms with Gasteiger partial charge in [-0.25, -0.2) is 12.7 Å². The van der Waals surface area contributed by atoms with Crippen LogP contribution < -0.4 is 5.32 Å². The highest BCUT2D eigenvalue weighted by molar-refractivity contribution is 7.89. The second kappa shape index (κ2) is 9.75. The van der Waals surface area contributed by atoms with Gasteiger partial charge in [0, 0.05) is 19.6 Å². The Morgan fingerprint density at radius 3 is 2.33 bits per heavy atom. The number of hydrogen-bond donors (Lipinski definition) is 1. The van der Waals surface area contributed by atoms with Crippen LogP contribution in [-0.4, -0.2) is 44.7 Å². The Balaban J connectivity index is 3.78. The molecule has 0 saturated heterocycles. The zero-order chi connectivity index (χ0) is 14.0. The number of unbranched alkanes of at least 4 members (excludes halogenated alkanes) is 3. The predicted molar refractivity (Wildman–Crippen MR) is 78.3 cm³/mol. The molecular weight excluding hydrogens is 248 g/mol. The second-order valence-corrected chi connectivity index (χ2v) is 7.36. The molecule has 0 aromatic rings. The zero-order valence-electron chi connectivity index (χ0n) is 12.4. The third-order valence-electron chi connectivity index (χ3n) is 2.93. The maximum Gasteiger partial charge on any atom is 0.213 e. The highest BCUT2D eigenvalue weighted by atomic mass is 32.2. The van der Waals surface area contributed by atoms with E-state index in [1.54, 1.807) is 7.05 Å². The molecule has 0 fully saturated rings. The van der Waals surface area contributed by atoms with Gasteiger partial charge in [-0.3, -0.25) is 0 Å². The van der Waals surface area contributed by atoms with E-state index in [-0.39, 0.29) is 5.75 Å². The Bertz CT molecular complexity index is 289. The maximum absolute atomic E-state index is 11.9. The number of nitrogens with one attached hydrogen (secondary N) is 1. The van der Waals surface area contributed by atoms with Gasteiger partial charge in [-0.1, -0.05) is 33.6 Å². The van der Waals surface area contributed by atoms with E-state index in [9.17, 15) is 8.42 Å². The fourth-order valence-corrected chi connectivity index (χ4v) is 2.97. The van der Waals surface area contributed by atoms with Crippen molar-refractivity contribution in [2.45, 2.75) is 58.9 Å². The van der Waals surface area contributed by atoms with E-state index >= 15 is 0 Å². The van der Waals surface area contributed by atoms with Gasteiger partial charge in [0.25, 0.3) is 0 Å². The standard InChI is InChI=1S/C13H30N2O2S/c1-5-6-8-11-15(4)18(16,17)12-9-7-10-14-13(2)3/h13-14H,5-12H2,1-4H3. The van der Waals surface area contributed by atoms with Crippen LogP contribution in [0.3, 0.4) is 0 Å². The van der Waals surface area contributed by atoms with Crippen molar-refractivity contribution in [3.8, 4) is 0 Å². The van der Waals surface area contributed by atoms with E-state index < -0.39 is 10.0 Å². The van der Waals surface area contributed by atoms with E-state index in [0.717, 1.165) is 38.6 Å². The summed E-state index contributed by atoms with van der Waals surface area (Å²) in [6.07, 6.45) is 4.83. The minimum Gasteiger partial charge on any atom is -0.315 e. The number of nitrogens with zero attached hydrogens (tertiary/aromatic N) is 1. The number of rotatable bonds is 11. The smallest absolute Gasteiger partial charge is 0.213 e. The third-order valence-corrected chi connectivity index (χ3v) is 4.87. The van der Waals surface area contributed by atoms with Crippen molar-refractivity contribution in [1.29, 1.82) is 0 Å². The average Bonchev–Trinajstić information content (AvgIpc) is 2.28. The van der Waals surface area contributed by atoms with Crippen LogP contribution in [0.4, 0.5) is 0 Å². The normalized spacial score (nSPS) is 12.6. The van der Waals surface area contributed by atoms with Crippen LogP contribution >= 0.6 is 0 Å². The van der Waals surface area contributed by atoms with Crippen molar-refractivity contribution < 1.29 is 8.42 Å². The molecule has 18 heavy (non-hydrogen) atoms. The van der Waals surface area contributed by atoms with Gasteiger partial charge >= 0.3 is 0 Å². The number of hydrogen-bond acceptors (Lipinski definition) is 3. The lowest BCUT2D eigenvalue weighted by Crippen LogP contribution is -2.30. The lowest BCUT2D eigenvalue weighted by Gasteiger charge is -2.17.